The van der Waals surface area contributed by atoms with Gasteiger partial charge in [-0.15, -0.1) is 11.3 Å². The molecule has 40 heavy (non-hydrogen) atoms. The van der Waals surface area contributed by atoms with Crippen LogP contribution < -0.4 is 0 Å². The molecule has 0 saturated carbocycles. The molecule has 0 spiro atoms. The molecule has 188 valence electrons. The van der Waals surface area contributed by atoms with Crippen molar-refractivity contribution in [3.8, 4) is 38.6 Å². The molecule has 8 rings (SSSR count). The molecule has 0 amide bonds. The molecule has 0 aliphatic heterocycles. The summed E-state index contributed by atoms with van der Waals surface area (Å²) in [5.74, 6) is 0. The Labute approximate surface area is 234 Å². The number of aromatic nitrogens is 4. The van der Waals surface area contributed by atoms with E-state index in [2.05, 4.69) is 119 Å². The summed E-state index contributed by atoms with van der Waals surface area (Å²) in [5.41, 5.74) is 9.76. The zero-order chi connectivity index (χ0) is 26.5. The van der Waals surface area contributed by atoms with Gasteiger partial charge in [-0.05, 0) is 70.8 Å². The van der Waals surface area contributed by atoms with E-state index in [1.807, 2.05) is 18.3 Å². The minimum Gasteiger partial charge on any atom is -0.308 e. The van der Waals surface area contributed by atoms with Crippen LogP contribution in [0.2, 0.25) is 0 Å². The molecule has 0 aliphatic rings. The number of hydrogen-bond acceptors (Lipinski definition) is 4. The van der Waals surface area contributed by atoms with E-state index in [1.165, 1.54) is 33.0 Å². The van der Waals surface area contributed by atoms with Gasteiger partial charge in [-0.1, -0.05) is 72.8 Å². The second-order valence-corrected chi connectivity index (χ2v) is 10.8. The Hall–Kier alpha value is -5.13. The number of thiazole rings is 1. The lowest BCUT2D eigenvalue weighted by molar-refractivity contribution is 1.14. The zero-order valence-corrected chi connectivity index (χ0v) is 22.2. The third-order valence-corrected chi connectivity index (χ3v) is 8.40. The fourth-order valence-electron chi connectivity index (χ4n) is 5.45. The number of rotatable bonds is 4. The van der Waals surface area contributed by atoms with Crippen molar-refractivity contribution in [2.45, 2.75) is 0 Å². The van der Waals surface area contributed by atoms with Crippen LogP contribution in [0.1, 0.15) is 0 Å². The maximum absolute atomic E-state index is 4.84. The van der Waals surface area contributed by atoms with Crippen molar-refractivity contribution in [3.05, 3.63) is 134 Å². The van der Waals surface area contributed by atoms with Gasteiger partial charge in [0, 0.05) is 17.0 Å². The van der Waals surface area contributed by atoms with Gasteiger partial charge in [0.25, 0.3) is 0 Å². The van der Waals surface area contributed by atoms with Crippen LogP contribution in [0.25, 0.3) is 70.8 Å². The predicted molar refractivity (Wildman–Crippen MR) is 166 cm³/mol. The average Bonchev–Trinajstić information content (AvgIpc) is 3.61. The number of fused-ring (bicyclic) bond motifs is 4. The number of benzene rings is 4. The lowest BCUT2D eigenvalue weighted by Gasteiger charge is -2.09. The summed E-state index contributed by atoms with van der Waals surface area (Å²) in [6, 6.07) is 42.8. The Kier molecular flexibility index (Phi) is 5.28. The molecule has 0 saturated heterocycles. The highest BCUT2D eigenvalue weighted by Crippen LogP contribution is 2.37. The van der Waals surface area contributed by atoms with Crippen molar-refractivity contribution in [3.63, 3.8) is 0 Å². The molecule has 4 aromatic heterocycles. The lowest BCUT2D eigenvalue weighted by atomic mass is 10.0. The van der Waals surface area contributed by atoms with Gasteiger partial charge in [0.1, 0.15) is 5.01 Å². The van der Waals surface area contributed by atoms with Gasteiger partial charge in [0.05, 0.1) is 33.3 Å². The van der Waals surface area contributed by atoms with Crippen LogP contribution in [0.15, 0.2) is 134 Å². The first-order chi connectivity index (χ1) is 19.8. The third kappa shape index (κ3) is 3.79. The molecular weight excluding hydrogens is 508 g/mol. The normalized spacial score (nSPS) is 11.5. The molecule has 0 N–H and O–H groups in total. The Morgan fingerprint density at radius 2 is 1.20 bits per heavy atom. The molecule has 0 bridgehead atoms. The number of pyridine rings is 2. The van der Waals surface area contributed by atoms with Gasteiger partial charge in [0.2, 0.25) is 0 Å². The Balaban J connectivity index is 1.31. The molecule has 4 heterocycles. The largest absolute Gasteiger partial charge is 0.308 e. The minimum absolute atomic E-state index is 0.763. The van der Waals surface area contributed by atoms with Crippen molar-refractivity contribution >= 4 is 43.5 Å². The topological polar surface area (TPSA) is 43.6 Å². The second kappa shape index (κ2) is 9.26. The maximum Gasteiger partial charge on any atom is 0.170 e. The average molecular weight is 531 g/mol. The standard InChI is InChI=1S/C35H22N4S/c1-3-8-23(9-4-1)25-13-17-31-28(20-25)29-21-26(24-10-5-2-6-11-24)14-18-32(29)39(31)27-15-16-30(37-22-27)35-38-34-33(40-35)12-7-19-36-34/h1-22H. The van der Waals surface area contributed by atoms with E-state index in [1.54, 1.807) is 17.5 Å². The zero-order valence-electron chi connectivity index (χ0n) is 21.4. The number of nitrogens with zero attached hydrogens (tertiary/aromatic N) is 4. The Morgan fingerprint density at radius 3 is 1.77 bits per heavy atom. The van der Waals surface area contributed by atoms with Crippen LogP contribution in [0.5, 0.6) is 0 Å². The first kappa shape index (κ1) is 22.8. The molecule has 0 unspecified atom stereocenters. The van der Waals surface area contributed by atoms with E-state index in [-0.39, 0.29) is 0 Å². The predicted octanol–water partition coefficient (Wildman–Crippen LogP) is 9.18. The first-order valence-electron chi connectivity index (χ1n) is 13.2. The summed E-state index contributed by atoms with van der Waals surface area (Å²) in [7, 11) is 0. The third-order valence-electron chi connectivity index (χ3n) is 7.37. The highest BCUT2D eigenvalue weighted by molar-refractivity contribution is 7.21. The van der Waals surface area contributed by atoms with Crippen LogP contribution in [0, 0.1) is 0 Å². The van der Waals surface area contributed by atoms with E-state index < -0.39 is 0 Å². The van der Waals surface area contributed by atoms with Gasteiger partial charge in [-0.25, -0.2) is 9.97 Å². The SMILES string of the molecule is c1ccc(-c2ccc3c(c2)c2cc(-c4ccccc4)ccc2n3-c2ccc(-c3nc4ncccc4s3)nc2)cc1. The van der Waals surface area contributed by atoms with E-state index in [0.29, 0.717) is 0 Å². The van der Waals surface area contributed by atoms with Crippen LogP contribution in [0.4, 0.5) is 0 Å². The van der Waals surface area contributed by atoms with E-state index in [9.17, 15) is 0 Å². The molecule has 0 atom stereocenters. The van der Waals surface area contributed by atoms with Crippen LogP contribution in [0.3, 0.4) is 0 Å². The lowest BCUT2D eigenvalue weighted by Crippen LogP contribution is -1.95. The van der Waals surface area contributed by atoms with E-state index in [0.717, 1.165) is 37.8 Å². The Morgan fingerprint density at radius 1 is 0.550 bits per heavy atom. The molecule has 5 heteroatoms. The van der Waals surface area contributed by atoms with Crippen LogP contribution >= 0.6 is 11.3 Å². The van der Waals surface area contributed by atoms with Crippen molar-refractivity contribution in [2.75, 3.05) is 0 Å². The van der Waals surface area contributed by atoms with Crippen LogP contribution in [-0.2, 0) is 0 Å². The quantitative estimate of drug-likeness (QED) is 0.228. The summed E-state index contributed by atoms with van der Waals surface area (Å²) in [6.07, 6.45) is 3.72. The fourth-order valence-corrected chi connectivity index (χ4v) is 6.35. The molecule has 4 aromatic carbocycles. The summed E-state index contributed by atoms with van der Waals surface area (Å²) in [6.45, 7) is 0. The van der Waals surface area contributed by atoms with E-state index in [4.69, 9.17) is 9.97 Å². The minimum atomic E-state index is 0.763. The maximum atomic E-state index is 4.84. The second-order valence-electron chi connectivity index (χ2n) is 9.78. The fraction of sp³-hybridized carbons (Fsp3) is 0. The van der Waals surface area contributed by atoms with Crippen molar-refractivity contribution in [2.24, 2.45) is 0 Å². The van der Waals surface area contributed by atoms with Crippen LogP contribution in [-0.4, -0.2) is 19.5 Å². The summed E-state index contributed by atoms with van der Waals surface area (Å²) < 4.78 is 3.37. The molecule has 0 aliphatic carbocycles. The van der Waals surface area contributed by atoms with Crippen molar-refractivity contribution in [1.82, 2.24) is 19.5 Å². The van der Waals surface area contributed by atoms with Gasteiger partial charge in [-0.3, -0.25) is 4.98 Å². The monoisotopic (exact) mass is 530 g/mol. The summed E-state index contributed by atoms with van der Waals surface area (Å²) >= 11 is 1.61. The molecule has 0 radical (unpaired) electrons. The van der Waals surface area contributed by atoms with Crippen molar-refractivity contribution < 1.29 is 0 Å². The first-order valence-corrected chi connectivity index (χ1v) is 14.0. The smallest absolute Gasteiger partial charge is 0.170 e. The molecular formula is C35H22N4S. The van der Waals surface area contributed by atoms with Gasteiger partial charge in [-0.2, -0.15) is 0 Å². The number of hydrogen-bond donors (Lipinski definition) is 0. The Bertz CT molecular complexity index is 2010. The van der Waals surface area contributed by atoms with Crippen molar-refractivity contribution in [1.29, 1.82) is 0 Å². The van der Waals surface area contributed by atoms with Gasteiger partial charge < -0.3 is 4.57 Å². The highest BCUT2D eigenvalue weighted by Gasteiger charge is 2.16. The summed E-state index contributed by atoms with van der Waals surface area (Å²) in [4.78, 5) is 13.9. The highest BCUT2D eigenvalue weighted by atomic mass is 32.1. The summed E-state index contributed by atoms with van der Waals surface area (Å²) in [5, 5.41) is 3.31. The van der Waals surface area contributed by atoms with Gasteiger partial charge in [0.15, 0.2) is 5.65 Å². The van der Waals surface area contributed by atoms with Gasteiger partial charge >= 0.3 is 0 Å². The molecule has 0 fully saturated rings. The molecule has 4 nitrogen and oxygen atoms in total. The molecule has 8 aromatic rings. The van der Waals surface area contributed by atoms with E-state index >= 15 is 0 Å².